The molecule has 21 heavy (non-hydrogen) atoms. The second-order valence-corrected chi connectivity index (χ2v) is 4.54. The Balaban J connectivity index is 1.91. The summed E-state index contributed by atoms with van der Waals surface area (Å²) in [5.74, 6) is -0.0276. The third-order valence-electron chi connectivity index (χ3n) is 2.80. The van der Waals surface area contributed by atoms with Gasteiger partial charge in [0, 0.05) is 13.1 Å². The van der Waals surface area contributed by atoms with Gasteiger partial charge in [0.25, 0.3) is 5.91 Å². The van der Waals surface area contributed by atoms with Gasteiger partial charge in [-0.15, -0.1) is 10.2 Å². The number of nitrogens with one attached hydrogen (secondary N) is 2. The molecule has 2 N–H and O–H groups in total. The highest BCUT2D eigenvalue weighted by Gasteiger charge is 2.08. The summed E-state index contributed by atoms with van der Waals surface area (Å²) in [6.45, 7) is 3.10. The fourth-order valence-corrected chi connectivity index (χ4v) is 1.72. The third-order valence-corrected chi connectivity index (χ3v) is 2.80. The summed E-state index contributed by atoms with van der Waals surface area (Å²) in [6.07, 6.45) is 0.984. The molecule has 1 amide bonds. The maximum Gasteiger partial charge on any atom is 0.272 e. The fraction of sp³-hybridized carbons (Fsp3) is 0.267. The summed E-state index contributed by atoms with van der Waals surface area (Å²) >= 11 is 0. The molecule has 1 aromatic carbocycles. The molecule has 0 saturated heterocycles. The summed E-state index contributed by atoms with van der Waals surface area (Å²) in [5.41, 5.74) is 0.922. The Labute approximate surface area is 122 Å². The Morgan fingerprint density at radius 2 is 2.10 bits per heavy atom. The minimum atomic E-state index is -0.339. The van der Waals surface area contributed by atoms with Crippen molar-refractivity contribution in [2.75, 3.05) is 11.9 Å². The molecule has 5 nitrogen and oxygen atoms in total. The first kappa shape index (κ1) is 14.9. The normalized spacial score (nSPS) is 10.2. The van der Waals surface area contributed by atoms with Crippen LogP contribution in [0.3, 0.4) is 0 Å². The van der Waals surface area contributed by atoms with Gasteiger partial charge in [0.15, 0.2) is 5.69 Å². The van der Waals surface area contributed by atoms with Crippen LogP contribution in [0.4, 0.5) is 10.2 Å². The highest BCUT2D eigenvalue weighted by Crippen LogP contribution is 2.05. The van der Waals surface area contributed by atoms with Crippen LogP contribution in [0.15, 0.2) is 36.4 Å². The Kier molecular flexibility index (Phi) is 5.20. The van der Waals surface area contributed by atoms with E-state index < -0.39 is 0 Å². The van der Waals surface area contributed by atoms with Crippen molar-refractivity contribution in [1.82, 2.24) is 15.5 Å². The van der Waals surface area contributed by atoms with Gasteiger partial charge < -0.3 is 10.6 Å². The van der Waals surface area contributed by atoms with Crippen LogP contribution in [0, 0.1) is 5.82 Å². The highest BCUT2D eigenvalue weighted by molar-refractivity contribution is 5.92. The first-order valence-electron chi connectivity index (χ1n) is 6.79. The van der Waals surface area contributed by atoms with Gasteiger partial charge in [-0.25, -0.2) is 4.39 Å². The smallest absolute Gasteiger partial charge is 0.272 e. The van der Waals surface area contributed by atoms with E-state index in [4.69, 9.17) is 0 Å². The molecule has 0 radical (unpaired) electrons. The minimum Gasteiger partial charge on any atom is -0.369 e. The van der Waals surface area contributed by atoms with Crippen LogP contribution >= 0.6 is 0 Å². The molecule has 1 heterocycles. The van der Waals surface area contributed by atoms with Crippen molar-refractivity contribution in [3.8, 4) is 0 Å². The number of halogens is 1. The number of hydrogen-bond acceptors (Lipinski definition) is 4. The summed E-state index contributed by atoms with van der Waals surface area (Å²) < 4.78 is 13.0. The molecule has 0 atom stereocenters. The number of rotatable bonds is 6. The molecule has 2 rings (SSSR count). The number of aromatic nitrogens is 2. The second-order valence-electron chi connectivity index (χ2n) is 4.54. The average Bonchev–Trinajstić information content (AvgIpc) is 2.51. The number of carbonyl (C=O) groups is 1. The van der Waals surface area contributed by atoms with Gasteiger partial charge in [0.1, 0.15) is 11.6 Å². The summed E-state index contributed by atoms with van der Waals surface area (Å²) in [7, 11) is 0. The molecule has 0 aliphatic carbocycles. The molecule has 0 spiro atoms. The monoisotopic (exact) mass is 288 g/mol. The van der Waals surface area contributed by atoms with E-state index in [2.05, 4.69) is 27.8 Å². The number of carbonyl (C=O) groups excluding carboxylic acids is 1. The minimum absolute atomic E-state index is 0.230. The van der Waals surface area contributed by atoms with Crippen LogP contribution in [0.25, 0.3) is 0 Å². The summed E-state index contributed by atoms with van der Waals surface area (Å²) in [5, 5.41) is 13.5. The van der Waals surface area contributed by atoms with Gasteiger partial charge in [-0.3, -0.25) is 4.79 Å². The van der Waals surface area contributed by atoms with Crippen LogP contribution < -0.4 is 10.6 Å². The van der Waals surface area contributed by atoms with E-state index in [-0.39, 0.29) is 24.0 Å². The first-order valence-corrected chi connectivity index (χ1v) is 6.79. The molecule has 110 valence electrons. The zero-order chi connectivity index (χ0) is 15.1. The van der Waals surface area contributed by atoms with Crippen molar-refractivity contribution in [1.29, 1.82) is 0 Å². The molecule has 2 aromatic rings. The molecule has 0 bridgehead atoms. The van der Waals surface area contributed by atoms with E-state index in [1.54, 1.807) is 24.3 Å². The average molecular weight is 288 g/mol. The van der Waals surface area contributed by atoms with Crippen molar-refractivity contribution >= 4 is 11.7 Å². The molecule has 0 fully saturated rings. The lowest BCUT2D eigenvalue weighted by atomic mass is 10.2. The Morgan fingerprint density at radius 3 is 2.76 bits per heavy atom. The lowest BCUT2D eigenvalue weighted by molar-refractivity contribution is 0.0945. The van der Waals surface area contributed by atoms with Crippen molar-refractivity contribution in [3.05, 3.63) is 53.5 Å². The molecule has 1 aromatic heterocycles. The SMILES string of the molecule is CCCNc1ccc(C(=O)NCc2cccc(F)c2)nn1. The van der Waals surface area contributed by atoms with E-state index in [9.17, 15) is 9.18 Å². The predicted molar refractivity (Wildman–Crippen MR) is 78.4 cm³/mol. The standard InChI is InChI=1S/C15H17FN4O/c1-2-8-17-14-7-6-13(19-20-14)15(21)18-10-11-4-3-5-12(16)9-11/h3-7,9H,2,8,10H2,1H3,(H,17,20)(H,18,21). The van der Waals surface area contributed by atoms with E-state index in [1.165, 1.54) is 12.1 Å². The number of benzene rings is 1. The fourth-order valence-electron chi connectivity index (χ4n) is 1.72. The van der Waals surface area contributed by atoms with Crippen molar-refractivity contribution < 1.29 is 9.18 Å². The molecular formula is C15H17FN4O. The van der Waals surface area contributed by atoms with Crippen LogP contribution in [-0.4, -0.2) is 22.6 Å². The number of hydrogen-bond donors (Lipinski definition) is 2. The largest absolute Gasteiger partial charge is 0.369 e. The van der Waals surface area contributed by atoms with Crippen LogP contribution in [0.2, 0.25) is 0 Å². The van der Waals surface area contributed by atoms with Crippen LogP contribution in [0.5, 0.6) is 0 Å². The lowest BCUT2D eigenvalue weighted by Crippen LogP contribution is -2.24. The topological polar surface area (TPSA) is 66.9 Å². The van der Waals surface area contributed by atoms with E-state index >= 15 is 0 Å². The second kappa shape index (κ2) is 7.33. The quantitative estimate of drug-likeness (QED) is 0.856. The van der Waals surface area contributed by atoms with Crippen molar-refractivity contribution in [3.63, 3.8) is 0 Å². The third kappa shape index (κ3) is 4.52. The first-order chi connectivity index (χ1) is 10.2. The van der Waals surface area contributed by atoms with Crippen LogP contribution in [0.1, 0.15) is 29.4 Å². The molecular weight excluding hydrogens is 271 g/mol. The van der Waals surface area contributed by atoms with Crippen LogP contribution in [-0.2, 0) is 6.54 Å². The van der Waals surface area contributed by atoms with Gasteiger partial charge in [0.05, 0.1) is 0 Å². The van der Waals surface area contributed by atoms with Crippen molar-refractivity contribution in [2.45, 2.75) is 19.9 Å². The van der Waals surface area contributed by atoms with Gasteiger partial charge in [-0.05, 0) is 36.2 Å². The Hall–Kier alpha value is -2.50. The summed E-state index contributed by atoms with van der Waals surface area (Å²) in [6, 6.07) is 9.39. The van der Waals surface area contributed by atoms with Gasteiger partial charge in [0.2, 0.25) is 0 Å². The maximum absolute atomic E-state index is 13.0. The molecule has 0 saturated carbocycles. The Morgan fingerprint density at radius 1 is 1.24 bits per heavy atom. The summed E-state index contributed by atoms with van der Waals surface area (Å²) in [4.78, 5) is 11.9. The maximum atomic E-state index is 13.0. The molecule has 0 aliphatic rings. The molecule has 0 aliphatic heterocycles. The van der Waals surface area contributed by atoms with Gasteiger partial charge in [-0.1, -0.05) is 19.1 Å². The number of anilines is 1. The predicted octanol–water partition coefficient (Wildman–Crippen LogP) is 2.37. The zero-order valence-electron chi connectivity index (χ0n) is 11.8. The van der Waals surface area contributed by atoms with E-state index in [0.29, 0.717) is 11.4 Å². The molecule has 0 unspecified atom stereocenters. The zero-order valence-corrected chi connectivity index (χ0v) is 11.8. The van der Waals surface area contributed by atoms with E-state index in [1.807, 2.05) is 0 Å². The van der Waals surface area contributed by atoms with Crippen molar-refractivity contribution in [2.24, 2.45) is 0 Å². The number of amides is 1. The lowest BCUT2D eigenvalue weighted by Gasteiger charge is -2.06. The van der Waals surface area contributed by atoms with E-state index in [0.717, 1.165) is 13.0 Å². The number of nitrogens with zero attached hydrogens (tertiary/aromatic N) is 2. The van der Waals surface area contributed by atoms with Gasteiger partial charge >= 0.3 is 0 Å². The van der Waals surface area contributed by atoms with Gasteiger partial charge in [-0.2, -0.15) is 0 Å². The Bertz CT molecular complexity index is 601. The highest BCUT2D eigenvalue weighted by atomic mass is 19.1. The molecule has 6 heteroatoms.